The van der Waals surface area contributed by atoms with Crippen molar-refractivity contribution >= 4 is 67.5 Å². The first-order valence-electron chi connectivity index (χ1n) is 13.2. The molecule has 2 aromatic rings. The molecule has 3 nitrogen and oxygen atoms in total. The Morgan fingerprint density at radius 3 is 1.77 bits per heavy atom. The molecule has 1 aliphatic carbocycles. The van der Waals surface area contributed by atoms with E-state index in [2.05, 4.69) is 50.5 Å². The number of carbonyl (C=O) groups is 1. The van der Waals surface area contributed by atoms with Gasteiger partial charge < -0.3 is 5.32 Å². The second-order valence-corrected chi connectivity index (χ2v) is 13.6. The summed E-state index contributed by atoms with van der Waals surface area (Å²) in [7, 11) is -1.33. The molecule has 1 atom stereocenters. The molecule has 1 aliphatic rings. The zero-order valence-corrected chi connectivity index (χ0v) is 26.1. The van der Waals surface area contributed by atoms with Gasteiger partial charge in [-0.2, -0.15) is 0 Å². The van der Waals surface area contributed by atoms with E-state index in [4.69, 9.17) is 0 Å². The number of carbonyl (C=O) groups excluding carboxylic acids is 1. The topological polar surface area (TPSA) is 46.2 Å². The van der Waals surface area contributed by atoms with Crippen LogP contribution in [0.1, 0.15) is 99.4 Å². The molecule has 0 heterocycles. The van der Waals surface area contributed by atoms with Crippen molar-refractivity contribution < 1.29 is 9.00 Å². The third-order valence-corrected chi connectivity index (χ3v) is 9.89. The number of anilines is 1. The van der Waals surface area contributed by atoms with Gasteiger partial charge in [-0.1, -0.05) is 88.3 Å². The molecule has 2 aromatic carbocycles. The van der Waals surface area contributed by atoms with Crippen molar-refractivity contribution in [1.82, 2.24) is 0 Å². The number of Topliss-reactive ketones (excluding diaryl/α,β-unsaturated/α-hetero) is 1. The second kappa shape index (κ2) is 15.7. The summed E-state index contributed by atoms with van der Waals surface area (Å²) in [6.45, 7) is 2.00. The number of ketones is 1. The van der Waals surface area contributed by atoms with Crippen molar-refractivity contribution in [2.45, 2.75) is 101 Å². The number of halogens is 2. The van der Waals surface area contributed by atoms with E-state index in [9.17, 15) is 9.00 Å². The third kappa shape index (κ3) is 10.1. The molecule has 35 heavy (non-hydrogen) atoms. The average Bonchev–Trinajstić information content (AvgIpc) is 2.83. The molecule has 1 N–H and O–H groups in total. The van der Waals surface area contributed by atoms with Gasteiger partial charge in [-0.25, -0.2) is 0 Å². The van der Waals surface area contributed by atoms with E-state index in [-0.39, 0.29) is 11.5 Å². The molecule has 0 aromatic heterocycles. The largest absolute Gasteiger partial charge is 0.381 e. The first-order chi connectivity index (χ1) is 16.9. The molecule has 0 radical (unpaired) electrons. The molecule has 1 fully saturated rings. The highest BCUT2D eigenvalue weighted by atomic mass is 127. The van der Waals surface area contributed by atoms with Crippen LogP contribution >= 0.6 is 45.2 Å². The van der Waals surface area contributed by atoms with Crippen LogP contribution in [0.4, 0.5) is 5.69 Å². The number of hydrogen-bond donors (Lipinski definition) is 1. The Bertz CT molecular complexity index is 940. The lowest BCUT2D eigenvalue weighted by atomic mass is 9.98. The van der Waals surface area contributed by atoms with Gasteiger partial charge in [-0.15, -0.1) is 0 Å². The van der Waals surface area contributed by atoms with Gasteiger partial charge in [0.2, 0.25) is 0 Å². The van der Waals surface area contributed by atoms with E-state index in [0.717, 1.165) is 18.4 Å². The fourth-order valence-corrected chi connectivity index (χ4v) is 7.80. The molecule has 0 amide bonds. The Balaban J connectivity index is 1.63. The highest BCUT2D eigenvalue weighted by Crippen LogP contribution is 2.30. The van der Waals surface area contributed by atoms with Crippen LogP contribution < -0.4 is 5.32 Å². The standard InChI is InChI=1S/C29H39I2NO2S/c1-22-15-17-25(18-16-22)35(34)21-28(33)23-19-26(30)29(27(31)20-23)32-24-13-11-9-7-5-3-2-4-6-8-10-12-14-24/h15-20,24,32H,2-14,21H2,1H3. The summed E-state index contributed by atoms with van der Waals surface area (Å²) in [6.07, 6.45) is 17.4. The van der Waals surface area contributed by atoms with Crippen molar-refractivity contribution in [2.75, 3.05) is 11.1 Å². The molecule has 0 aliphatic heterocycles. The Labute approximate surface area is 241 Å². The lowest BCUT2D eigenvalue weighted by Gasteiger charge is -2.23. The first kappa shape index (κ1) is 29.1. The number of aryl methyl sites for hydroxylation is 1. The van der Waals surface area contributed by atoms with Crippen LogP contribution in [-0.4, -0.2) is 21.8 Å². The minimum Gasteiger partial charge on any atom is -0.381 e. The Hall–Kier alpha value is -0.480. The average molecular weight is 720 g/mol. The minimum atomic E-state index is -1.33. The molecule has 0 spiro atoms. The highest BCUT2D eigenvalue weighted by Gasteiger charge is 2.18. The van der Waals surface area contributed by atoms with Crippen molar-refractivity contribution in [3.63, 3.8) is 0 Å². The van der Waals surface area contributed by atoms with E-state index in [1.54, 1.807) is 0 Å². The maximum atomic E-state index is 12.9. The number of benzene rings is 2. The summed E-state index contributed by atoms with van der Waals surface area (Å²) in [5.74, 6) is -0.0470. The summed E-state index contributed by atoms with van der Waals surface area (Å²) < 4.78 is 14.8. The minimum absolute atomic E-state index is 0.0185. The van der Waals surface area contributed by atoms with Crippen LogP contribution in [-0.2, 0) is 10.8 Å². The Morgan fingerprint density at radius 1 is 0.829 bits per heavy atom. The maximum absolute atomic E-state index is 12.9. The van der Waals surface area contributed by atoms with Gasteiger partial charge in [0.05, 0.1) is 22.2 Å². The Kier molecular flexibility index (Phi) is 13.0. The fraction of sp³-hybridized carbons (Fsp3) is 0.552. The van der Waals surface area contributed by atoms with E-state index < -0.39 is 10.8 Å². The Morgan fingerprint density at radius 2 is 1.29 bits per heavy atom. The van der Waals surface area contributed by atoms with E-state index in [1.165, 1.54) is 83.5 Å². The SMILES string of the molecule is Cc1ccc(S(=O)CC(=O)c2cc(I)c(NC3CCCCCCCCCCCCC3)c(I)c2)cc1. The zero-order valence-electron chi connectivity index (χ0n) is 20.9. The quantitative estimate of drug-likeness (QED) is 0.240. The predicted octanol–water partition coefficient (Wildman–Crippen LogP) is 9.06. The van der Waals surface area contributed by atoms with E-state index in [0.29, 0.717) is 16.5 Å². The van der Waals surface area contributed by atoms with Crippen LogP contribution in [0, 0.1) is 14.1 Å². The van der Waals surface area contributed by atoms with Gasteiger partial charge in [0.15, 0.2) is 5.78 Å². The number of hydrogen-bond acceptors (Lipinski definition) is 3. The lowest BCUT2D eigenvalue weighted by Crippen LogP contribution is -2.21. The van der Waals surface area contributed by atoms with Gasteiger partial charge in [0.1, 0.15) is 0 Å². The predicted molar refractivity (Wildman–Crippen MR) is 166 cm³/mol. The van der Waals surface area contributed by atoms with Crippen molar-refractivity contribution in [1.29, 1.82) is 0 Å². The van der Waals surface area contributed by atoms with Gasteiger partial charge in [0, 0.05) is 23.6 Å². The van der Waals surface area contributed by atoms with Gasteiger partial charge in [-0.3, -0.25) is 9.00 Å². The summed E-state index contributed by atoms with van der Waals surface area (Å²) in [6, 6.07) is 12.0. The molecular weight excluding hydrogens is 680 g/mol. The van der Waals surface area contributed by atoms with Crippen LogP contribution in [0.15, 0.2) is 41.3 Å². The third-order valence-electron chi connectivity index (χ3n) is 6.86. The lowest BCUT2D eigenvalue weighted by molar-refractivity contribution is 0.102. The second-order valence-electron chi connectivity index (χ2n) is 9.85. The smallest absolute Gasteiger partial charge is 0.175 e. The molecule has 6 heteroatoms. The van der Waals surface area contributed by atoms with Crippen molar-refractivity contribution in [3.8, 4) is 0 Å². The summed E-state index contributed by atoms with van der Waals surface area (Å²) >= 11 is 4.69. The van der Waals surface area contributed by atoms with Gasteiger partial charge in [-0.05, 0) is 89.2 Å². The normalized spacial score (nSPS) is 17.9. The molecular formula is C29H39I2NO2S. The zero-order chi connectivity index (χ0) is 25.0. The van der Waals surface area contributed by atoms with Gasteiger partial charge in [0.25, 0.3) is 0 Å². The summed E-state index contributed by atoms with van der Waals surface area (Å²) in [5, 5.41) is 3.85. The number of rotatable bonds is 6. The summed E-state index contributed by atoms with van der Waals surface area (Å²) in [4.78, 5) is 13.7. The molecule has 0 bridgehead atoms. The fourth-order valence-electron chi connectivity index (χ4n) is 4.71. The van der Waals surface area contributed by atoms with Crippen LogP contribution in [0.3, 0.4) is 0 Å². The summed E-state index contributed by atoms with van der Waals surface area (Å²) in [5.41, 5.74) is 2.92. The molecule has 0 saturated heterocycles. The van der Waals surface area contributed by atoms with Crippen molar-refractivity contribution in [2.24, 2.45) is 0 Å². The van der Waals surface area contributed by atoms with Crippen molar-refractivity contribution in [3.05, 3.63) is 54.7 Å². The molecule has 3 rings (SSSR count). The van der Waals surface area contributed by atoms with Gasteiger partial charge >= 0.3 is 0 Å². The molecule has 1 unspecified atom stereocenters. The molecule has 1 saturated carbocycles. The first-order valence-corrected chi connectivity index (χ1v) is 16.7. The molecule has 192 valence electrons. The van der Waals surface area contributed by atoms with Crippen LogP contribution in [0.2, 0.25) is 0 Å². The highest BCUT2D eigenvalue weighted by molar-refractivity contribution is 14.1. The maximum Gasteiger partial charge on any atom is 0.175 e. The van der Waals surface area contributed by atoms with Crippen LogP contribution in [0.25, 0.3) is 0 Å². The van der Waals surface area contributed by atoms with E-state index >= 15 is 0 Å². The number of nitrogens with one attached hydrogen (secondary N) is 1. The van der Waals surface area contributed by atoms with Crippen LogP contribution in [0.5, 0.6) is 0 Å². The van der Waals surface area contributed by atoms with E-state index in [1.807, 2.05) is 43.3 Å². The monoisotopic (exact) mass is 719 g/mol.